The first-order valence-corrected chi connectivity index (χ1v) is 11.4. The Morgan fingerprint density at radius 1 is 1.18 bits per heavy atom. The fourth-order valence-electron chi connectivity index (χ4n) is 4.84. The van der Waals surface area contributed by atoms with Crippen LogP contribution in [0.3, 0.4) is 0 Å². The Morgan fingerprint density at radius 3 is 2.53 bits per heavy atom. The van der Waals surface area contributed by atoms with E-state index < -0.39 is 29.4 Å². The molecule has 2 atom stereocenters. The average Bonchev–Trinajstić information content (AvgIpc) is 2.91. The van der Waals surface area contributed by atoms with Crippen LogP contribution in [0.15, 0.2) is 48.5 Å². The summed E-state index contributed by atoms with van der Waals surface area (Å²) in [5.74, 6) is -0.396. The van der Waals surface area contributed by atoms with Crippen molar-refractivity contribution in [1.29, 1.82) is 0 Å². The lowest BCUT2D eigenvalue weighted by Gasteiger charge is -2.45. The van der Waals surface area contributed by atoms with E-state index in [2.05, 4.69) is 42.3 Å². The van der Waals surface area contributed by atoms with E-state index in [0.29, 0.717) is 0 Å². The third kappa shape index (κ3) is 4.00. The number of anilines is 1. The van der Waals surface area contributed by atoms with Gasteiger partial charge < -0.3 is 24.8 Å². The van der Waals surface area contributed by atoms with Gasteiger partial charge in [0.2, 0.25) is 5.72 Å². The first-order valence-electron chi connectivity index (χ1n) is 11.4. The Labute approximate surface area is 200 Å². The summed E-state index contributed by atoms with van der Waals surface area (Å²) in [4.78, 5) is 26.0. The SMILES string of the molecule is CN1c2ccccc2C(C)(C)C12C=Cc1cc(C[C@H](NC(=O)OC(C)(C)C)C(=O)O)ccc1O2. The van der Waals surface area contributed by atoms with E-state index in [-0.39, 0.29) is 11.8 Å². The molecule has 2 heterocycles. The molecule has 7 nitrogen and oxygen atoms in total. The molecule has 0 radical (unpaired) electrons. The van der Waals surface area contributed by atoms with Gasteiger partial charge in [-0.2, -0.15) is 0 Å². The summed E-state index contributed by atoms with van der Waals surface area (Å²) in [7, 11) is 2.04. The number of hydrogen-bond donors (Lipinski definition) is 2. The number of amides is 1. The molecule has 0 saturated carbocycles. The van der Waals surface area contributed by atoms with Gasteiger partial charge in [0.25, 0.3) is 0 Å². The number of carboxylic acids is 1. The average molecular weight is 465 g/mol. The molecule has 2 N–H and O–H groups in total. The molecule has 2 aliphatic rings. The molecule has 1 spiro atoms. The van der Waals surface area contributed by atoms with Crippen LogP contribution in [-0.4, -0.2) is 41.6 Å². The maximum atomic E-state index is 12.1. The minimum Gasteiger partial charge on any atom is -0.480 e. The first kappa shape index (κ1) is 23.7. The lowest BCUT2D eigenvalue weighted by atomic mass is 9.76. The summed E-state index contributed by atoms with van der Waals surface area (Å²) in [5.41, 5.74) is 2.31. The minimum absolute atomic E-state index is 0.123. The number of benzene rings is 2. The van der Waals surface area contributed by atoms with Crippen LogP contribution in [0, 0.1) is 0 Å². The molecule has 2 aliphatic heterocycles. The van der Waals surface area contributed by atoms with Gasteiger partial charge in [0, 0.05) is 24.7 Å². The highest BCUT2D eigenvalue weighted by Crippen LogP contribution is 2.54. The highest BCUT2D eigenvalue weighted by atomic mass is 16.6. The zero-order valence-electron chi connectivity index (χ0n) is 20.5. The topological polar surface area (TPSA) is 88.1 Å². The number of carbonyl (C=O) groups is 2. The lowest BCUT2D eigenvalue weighted by Crippen LogP contribution is -2.58. The number of aliphatic carboxylic acids is 1. The normalized spacial score (nSPS) is 20.8. The van der Waals surface area contributed by atoms with E-state index >= 15 is 0 Å². The zero-order valence-corrected chi connectivity index (χ0v) is 20.5. The molecule has 0 bridgehead atoms. The van der Waals surface area contributed by atoms with Crippen LogP contribution < -0.4 is 15.0 Å². The molecule has 1 amide bonds. The monoisotopic (exact) mass is 464 g/mol. The number of ether oxygens (including phenoxy) is 2. The highest BCUT2D eigenvalue weighted by molar-refractivity contribution is 5.80. The molecule has 4 rings (SSSR count). The molecule has 2 aromatic carbocycles. The third-order valence-corrected chi connectivity index (χ3v) is 6.59. The number of hydrogen-bond acceptors (Lipinski definition) is 5. The third-order valence-electron chi connectivity index (χ3n) is 6.59. The molecule has 1 unspecified atom stereocenters. The maximum absolute atomic E-state index is 12.1. The van der Waals surface area contributed by atoms with Gasteiger partial charge in [-0.15, -0.1) is 0 Å². The van der Waals surface area contributed by atoms with Crippen LogP contribution in [0.1, 0.15) is 51.3 Å². The summed E-state index contributed by atoms with van der Waals surface area (Å²) in [6.45, 7) is 9.54. The van der Waals surface area contributed by atoms with Crippen LogP contribution in [0.25, 0.3) is 6.08 Å². The minimum atomic E-state index is -1.12. The smallest absolute Gasteiger partial charge is 0.408 e. The largest absolute Gasteiger partial charge is 0.480 e. The van der Waals surface area contributed by atoms with Gasteiger partial charge >= 0.3 is 12.1 Å². The number of likely N-dealkylation sites (N-methyl/N-ethyl adjacent to an activating group) is 1. The van der Waals surface area contributed by atoms with Crippen LogP contribution in [-0.2, 0) is 21.4 Å². The fraction of sp³-hybridized carbons (Fsp3) is 0.407. The van der Waals surface area contributed by atoms with E-state index in [1.54, 1.807) is 20.8 Å². The van der Waals surface area contributed by atoms with Crippen LogP contribution >= 0.6 is 0 Å². The van der Waals surface area contributed by atoms with Gasteiger partial charge in [-0.3, -0.25) is 0 Å². The van der Waals surface area contributed by atoms with E-state index in [0.717, 1.165) is 22.6 Å². The van der Waals surface area contributed by atoms with Crippen molar-refractivity contribution in [3.05, 3.63) is 65.2 Å². The molecule has 0 fully saturated rings. The van der Waals surface area contributed by atoms with Crippen LogP contribution in [0.2, 0.25) is 0 Å². The van der Waals surface area contributed by atoms with Crippen molar-refractivity contribution in [2.75, 3.05) is 11.9 Å². The summed E-state index contributed by atoms with van der Waals surface area (Å²) in [6, 6.07) is 12.8. The van der Waals surface area contributed by atoms with Crippen molar-refractivity contribution in [1.82, 2.24) is 5.32 Å². The van der Waals surface area contributed by atoms with Gasteiger partial charge in [-0.05, 0) is 76.1 Å². The molecule has 0 saturated heterocycles. The van der Waals surface area contributed by atoms with Crippen molar-refractivity contribution in [3.63, 3.8) is 0 Å². The number of nitrogens with zero attached hydrogens (tertiary/aromatic N) is 1. The van der Waals surface area contributed by atoms with Gasteiger partial charge in [-0.1, -0.05) is 24.3 Å². The standard InChI is InChI=1S/C27H32N2O5/c1-25(2,3)34-24(32)28-20(23(30)31)16-17-11-12-22-18(15-17)13-14-27(33-22)26(4,5)19-9-7-8-10-21(19)29(27)6/h7-15,20H,16H2,1-6H3,(H,28,32)(H,30,31)/t20-,27?/m0/s1. The Balaban J connectivity index is 1.56. The molecule has 7 heteroatoms. The molecule has 180 valence electrons. The van der Waals surface area contributed by atoms with Crippen molar-refractivity contribution >= 4 is 23.8 Å². The number of para-hydroxylation sites is 1. The summed E-state index contributed by atoms with van der Waals surface area (Å²) in [5, 5.41) is 12.1. The number of nitrogens with one attached hydrogen (secondary N) is 1. The number of carboxylic acid groups (broad SMARTS) is 1. The van der Waals surface area contributed by atoms with E-state index in [1.165, 1.54) is 5.56 Å². The van der Waals surface area contributed by atoms with E-state index in [1.807, 2.05) is 43.5 Å². The maximum Gasteiger partial charge on any atom is 0.408 e. The van der Waals surface area contributed by atoms with Crippen molar-refractivity contribution < 1.29 is 24.2 Å². The molecule has 0 aliphatic carbocycles. The Hall–Kier alpha value is -3.48. The quantitative estimate of drug-likeness (QED) is 0.680. The molecule has 0 aromatic heterocycles. The van der Waals surface area contributed by atoms with Crippen molar-refractivity contribution in [2.24, 2.45) is 0 Å². The van der Waals surface area contributed by atoms with E-state index in [4.69, 9.17) is 9.47 Å². The molecular formula is C27H32N2O5. The zero-order chi connectivity index (χ0) is 24.9. The van der Waals surface area contributed by atoms with Crippen molar-refractivity contribution in [2.45, 2.75) is 63.8 Å². The van der Waals surface area contributed by atoms with Crippen LogP contribution in [0.4, 0.5) is 10.5 Å². The summed E-state index contributed by atoms with van der Waals surface area (Å²) >= 11 is 0. The van der Waals surface area contributed by atoms with Gasteiger partial charge in [-0.25, -0.2) is 9.59 Å². The highest BCUT2D eigenvalue weighted by Gasteiger charge is 2.57. The Morgan fingerprint density at radius 2 is 1.88 bits per heavy atom. The van der Waals surface area contributed by atoms with Gasteiger partial charge in [0.1, 0.15) is 17.4 Å². The van der Waals surface area contributed by atoms with Crippen LogP contribution in [0.5, 0.6) is 5.75 Å². The Kier molecular flexibility index (Phi) is 5.62. The van der Waals surface area contributed by atoms with E-state index in [9.17, 15) is 14.7 Å². The molecule has 2 aromatic rings. The summed E-state index contributed by atoms with van der Waals surface area (Å²) < 4.78 is 11.9. The second-order valence-corrected chi connectivity index (χ2v) is 10.4. The van der Waals surface area contributed by atoms with Crippen molar-refractivity contribution in [3.8, 4) is 5.75 Å². The molecular weight excluding hydrogens is 432 g/mol. The van der Waals surface area contributed by atoms with Gasteiger partial charge in [0.05, 0.1) is 5.41 Å². The molecule has 34 heavy (non-hydrogen) atoms. The second-order valence-electron chi connectivity index (χ2n) is 10.4. The Bertz CT molecular complexity index is 1160. The number of carbonyl (C=O) groups excluding carboxylic acids is 1. The first-order chi connectivity index (χ1) is 15.8. The second kappa shape index (κ2) is 8.08. The fourth-order valence-corrected chi connectivity index (χ4v) is 4.84. The summed E-state index contributed by atoms with van der Waals surface area (Å²) in [6.07, 6.45) is 3.47. The van der Waals surface area contributed by atoms with Gasteiger partial charge in [0.15, 0.2) is 0 Å². The predicted octanol–water partition coefficient (Wildman–Crippen LogP) is 4.74. The number of rotatable bonds is 4. The number of fused-ring (bicyclic) bond motifs is 2. The number of alkyl carbamates (subject to hydrolysis) is 1. The lowest BCUT2D eigenvalue weighted by molar-refractivity contribution is -0.139. The predicted molar refractivity (Wildman–Crippen MR) is 131 cm³/mol.